The van der Waals surface area contributed by atoms with E-state index in [0.29, 0.717) is 62.9 Å². The second-order valence-electron chi connectivity index (χ2n) is 17.7. The van der Waals surface area contributed by atoms with E-state index in [2.05, 4.69) is 4.89 Å². The van der Waals surface area contributed by atoms with Crippen LogP contribution in [-0.2, 0) is 39.2 Å². The molecule has 6 saturated carbocycles. The Balaban J connectivity index is 0.869. The van der Waals surface area contributed by atoms with Crippen LogP contribution < -0.4 is 0 Å². The minimum atomic E-state index is -1.39. The van der Waals surface area contributed by atoms with Crippen molar-refractivity contribution in [1.29, 1.82) is 0 Å². The van der Waals surface area contributed by atoms with Crippen molar-refractivity contribution in [2.24, 2.45) is 41.4 Å². The molecular formula is C41H68O9S. The molecular weight excluding hydrogens is 669 g/mol. The zero-order valence-corrected chi connectivity index (χ0v) is 32.0. The van der Waals surface area contributed by atoms with Gasteiger partial charge in [-0.15, -0.1) is 0 Å². The van der Waals surface area contributed by atoms with Crippen molar-refractivity contribution in [3.05, 3.63) is 0 Å². The molecule has 0 aliphatic heterocycles. The Kier molecular flexibility index (Phi) is 15.6. The normalized spacial score (nSPS) is 38.1. The first-order valence-electron chi connectivity index (χ1n) is 21.3. The molecule has 0 amide bonds. The first kappa shape index (κ1) is 39.6. The Hall–Kier alpha value is -1.07. The van der Waals surface area contributed by atoms with Gasteiger partial charge in [0, 0.05) is 5.92 Å². The Labute approximate surface area is 309 Å². The average Bonchev–Trinajstić information content (AvgIpc) is 3.14. The van der Waals surface area contributed by atoms with Crippen LogP contribution in [0, 0.1) is 41.4 Å². The highest BCUT2D eigenvalue weighted by Crippen LogP contribution is 2.42. The number of carboxylic acids is 1. The summed E-state index contributed by atoms with van der Waals surface area (Å²) >= 11 is -1.39. The summed E-state index contributed by atoms with van der Waals surface area (Å²) in [6.45, 7) is 0.342. The predicted octanol–water partition coefficient (Wildman–Crippen LogP) is 9.18. The van der Waals surface area contributed by atoms with Crippen LogP contribution in [0.5, 0.6) is 0 Å². The van der Waals surface area contributed by atoms with Crippen LogP contribution >= 0.6 is 0 Å². The van der Waals surface area contributed by atoms with E-state index in [0.717, 1.165) is 57.3 Å². The number of hydrogen-bond acceptors (Lipinski definition) is 8. The lowest BCUT2D eigenvalue weighted by Crippen LogP contribution is -2.40. The SMILES string of the molecule is O=C(O)C1CC(CC2CCCCC2)CCC1C(=O)OC1CCC(S(=O)OC2CCC(OC3CCC(CC4CCCCC4)CC3COO)CC2)CC1. The van der Waals surface area contributed by atoms with Crippen LogP contribution in [0.1, 0.15) is 167 Å². The molecule has 6 aliphatic rings. The highest BCUT2D eigenvalue weighted by Gasteiger charge is 2.42. The average molecular weight is 737 g/mol. The molecule has 6 fully saturated rings. The molecule has 292 valence electrons. The van der Waals surface area contributed by atoms with Gasteiger partial charge in [0.15, 0.2) is 11.1 Å². The number of carbonyl (C=O) groups is 2. The summed E-state index contributed by atoms with van der Waals surface area (Å²) in [5.74, 6) is 0.495. The quantitative estimate of drug-likeness (QED) is 0.102. The zero-order valence-electron chi connectivity index (χ0n) is 31.2. The van der Waals surface area contributed by atoms with Gasteiger partial charge in [0.25, 0.3) is 0 Å². The lowest BCUT2D eigenvalue weighted by molar-refractivity contribution is -0.262. The molecule has 0 bridgehead atoms. The second kappa shape index (κ2) is 20.0. The van der Waals surface area contributed by atoms with Crippen molar-refractivity contribution in [2.45, 2.75) is 197 Å². The summed E-state index contributed by atoms with van der Waals surface area (Å²) in [4.78, 5) is 30.1. The molecule has 0 aromatic heterocycles. The Morgan fingerprint density at radius 1 is 0.588 bits per heavy atom. The smallest absolute Gasteiger partial charge is 0.310 e. The fourth-order valence-electron chi connectivity index (χ4n) is 11.1. The molecule has 2 N–H and O–H groups in total. The van der Waals surface area contributed by atoms with Gasteiger partial charge in [-0.05, 0) is 126 Å². The lowest BCUT2D eigenvalue weighted by atomic mass is 9.70. The van der Waals surface area contributed by atoms with Gasteiger partial charge in [-0.1, -0.05) is 64.2 Å². The van der Waals surface area contributed by atoms with Gasteiger partial charge in [-0.3, -0.25) is 19.0 Å². The molecule has 0 aromatic carbocycles. The predicted molar refractivity (Wildman–Crippen MR) is 196 cm³/mol. The monoisotopic (exact) mass is 736 g/mol. The molecule has 10 heteroatoms. The molecule has 0 radical (unpaired) electrons. The number of ether oxygens (including phenoxy) is 2. The summed E-state index contributed by atoms with van der Waals surface area (Å²) in [5, 5.41) is 19.3. The van der Waals surface area contributed by atoms with Gasteiger partial charge in [0.2, 0.25) is 0 Å². The number of carboxylic acid groups (broad SMARTS) is 1. The topological polar surface area (TPSA) is 129 Å². The number of aliphatic carboxylic acids is 1. The summed E-state index contributed by atoms with van der Waals surface area (Å²) in [6.07, 6.45) is 27.2. The lowest BCUT2D eigenvalue weighted by Gasteiger charge is -2.40. The van der Waals surface area contributed by atoms with Crippen LogP contribution in [0.25, 0.3) is 0 Å². The zero-order chi connectivity index (χ0) is 35.6. The number of rotatable bonds is 14. The summed E-state index contributed by atoms with van der Waals surface area (Å²) in [5.41, 5.74) is 0. The maximum atomic E-state index is 13.3. The van der Waals surface area contributed by atoms with E-state index in [-0.39, 0.29) is 41.6 Å². The minimum absolute atomic E-state index is 0.0368. The molecule has 0 spiro atoms. The standard InChI is InChI=1S/C41H68O9S/c42-40(43)38-26-31(24-29-9-5-2-6-10-29)11-21-37(38)41(44)49-34-17-19-36(20-18-34)51(46)50-35-15-13-33(14-16-35)48-39-22-12-30(25-32(39)27-47-45)23-28-7-3-1-4-8-28/h28-39,45H,1-27H2,(H,42,43). The van der Waals surface area contributed by atoms with E-state index >= 15 is 0 Å². The number of carbonyl (C=O) groups excluding carboxylic acids is 1. The van der Waals surface area contributed by atoms with E-state index in [1.165, 1.54) is 77.0 Å². The van der Waals surface area contributed by atoms with E-state index < -0.39 is 28.9 Å². The van der Waals surface area contributed by atoms with Gasteiger partial charge < -0.3 is 14.6 Å². The fraction of sp³-hybridized carbons (Fsp3) is 0.951. The summed E-state index contributed by atoms with van der Waals surface area (Å²) in [7, 11) is 0. The summed E-state index contributed by atoms with van der Waals surface area (Å²) < 4.78 is 32.0. The van der Waals surface area contributed by atoms with E-state index in [4.69, 9.17) is 13.7 Å². The first-order chi connectivity index (χ1) is 24.8. The molecule has 0 saturated heterocycles. The Morgan fingerprint density at radius 3 is 1.76 bits per heavy atom. The van der Waals surface area contributed by atoms with Crippen molar-refractivity contribution in [3.63, 3.8) is 0 Å². The highest BCUT2D eigenvalue weighted by molar-refractivity contribution is 7.80. The largest absolute Gasteiger partial charge is 0.481 e. The molecule has 0 aromatic rings. The Morgan fingerprint density at radius 2 is 1.16 bits per heavy atom. The molecule has 7 atom stereocenters. The van der Waals surface area contributed by atoms with Crippen LogP contribution in [-0.4, -0.2) is 62.8 Å². The Bertz CT molecular complexity index is 1090. The third-order valence-electron chi connectivity index (χ3n) is 14.1. The van der Waals surface area contributed by atoms with Gasteiger partial charge in [0.05, 0.1) is 42.0 Å². The van der Waals surface area contributed by atoms with Crippen LogP contribution in [0.15, 0.2) is 0 Å². The third kappa shape index (κ3) is 11.7. The molecule has 6 rings (SSSR count). The van der Waals surface area contributed by atoms with Crippen LogP contribution in [0.4, 0.5) is 0 Å². The van der Waals surface area contributed by atoms with Crippen molar-refractivity contribution in [3.8, 4) is 0 Å². The summed E-state index contributed by atoms with van der Waals surface area (Å²) in [6, 6.07) is 0. The molecule has 0 heterocycles. The minimum Gasteiger partial charge on any atom is -0.481 e. The highest BCUT2D eigenvalue weighted by atomic mass is 32.2. The molecule has 6 aliphatic carbocycles. The first-order valence-corrected chi connectivity index (χ1v) is 22.4. The molecule has 9 nitrogen and oxygen atoms in total. The van der Waals surface area contributed by atoms with Gasteiger partial charge in [-0.2, -0.15) is 0 Å². The second-order valence-corrected chi connectivity index (χ2v) is 19.1. The van der Waals surface area contributed by atoms with E-state index in [9.17, 15) is 24.2 Å². The van der Waals surface area contributed by atoms with E-state index in [1.54, 1.807) is 0 Å². The van der Waals surface area contributed by atoms with Crippen LogP contribution in [0.2, 0.25) is 0 Å². The van der Waals surface area contributed by atoms with Crippen molar-refractivity contribution in [2.75, 3.05) is 6.61 Å². The number of hydrogen-bond donors (Lipinski definition) is 2. The number of esters is 1. The molecule has 7 unspecified atom stereocenters. The maximum Gasteiger partial charge on any atom is 0.310 e. The third-order valence-corrected chi connectivity index (χ3v) is 15.5. The van der Waals surface area contributed by atoms with Gasteiger partial charge in [0.1, 0.15) is 6.10 Å². The van der Waals surface area contributed by atoms with Crippen molar-refractivity contribution < 1.29 is 42.7 Å². The van der Waals surface area contributed by atoms with E-state index in [1.807, 2.05) is 0 Å². The van der Waals surface area contributed by atoms with Gasteiger partial charge >= 0.3 is 11.9 Å². The van der Waals surface area contributed by atoms with Crippen molar-refractivity contribution in [1.82, 2.24) is 0 Å². The van der Waals surface area contributed by atoms with Crippen LogP contribution in [0.3, 0.4) is 0 Å². The van der Waals surface area contributed by atoms with Crippen molar-refractivity contribution >= 4 is 23.0 Å². The fourth-order valence-corrected chi connectivity index (χ4v) is 12.4. The molecule has 51 heavy (non-hydrogen) atoms. The van der Waals surface area contributed by atoms with Gasteiger partial charge in [-0.25, -0.2) is 9.10 Å². The maximum absolute atomic E-state index is 13.3.